The van der Waals surface area contributed by atoms with Gasteiger partial charge in [0.1, 0.15) is 5.82 Å². The van der Waals surface area contributed by atoms with E-state index >= 15 is 0 Å². The van der Waals surface area contributed by atoms with Crippen LogP contribution in [-0.4, -0.2) is 18.5 Å². The summed E-state index contributed by atoms with van der Waals surface area (Å²) in [5, 5.41) is 5.34. The molecule has 0 aromatic heterocycles. The average Bonchev–Trinajstić information content (AvgIpc) is 2.53. The van der Waals surface area contributed by atoms with E-state index in [4.69, 9.17) is 5.73 Å². The molecule has 0 aliphatic carbocycles. The van der Waals surface area contributed by atoms with Crippen LogP contribution >= 0.6 is 0 Å². The van der Waals surface area contributed by atoms with Gasteiger partial charge in [0.25, 0.3) is 0 Å². The van der Waals surface area contributed by atoms with Crippen LogP contribution in [0.2, 0.25) is 0 Å². The van der Waals surface area contributed by atoms with E-state index in [1.165, 1.54) is 12.1 Å². The van der Waals surface area contributed by atoms with Gasteiger partial charge in [0, 0.05) is 12.2 Å². The second-order valence-electron chi connectivity index (χ2n) is 5.63. The first-order chi connectivity index (χ1) is 11.4. The smallest absolute Gasteiger partial charge is 0.319 e. The number of amides is 3. The number of nitrogens with one attached hydrogen (secondary N) is 2. The van der Waals surface area contributed by atoms with Gasteiger partial charge < -0.3 is 16.4 Å². The summed E-state index contributed by atoms with van der Waals surface area (Å²) in [6, 6.07) is 12.8. The van der Waals surface area contributed by atoms with Crippen molar-refractivity contribution in [2.24, 2.45) is 11.7 Å². The molecule has 2 rings (SSSR count). The zero-order valence-electron chi connectivity index (χ0n) is 13.4. The highest BCUT2D eigenvalue weighted by Gasteiger charge is 2.17. The third-order valence-corrected chi connectivity index (χ3v) is 3.58. The Labute approximate surface area is 140 Å². The summed E-state index contributed by atoms with van der Waals surface area (Å²) < 4.78 is 12.9. The Kier molecular flexibility index (Phi) is 5.89. The van der Waals surface area contributed by atoms with E-state index in [0.717, 1.165) is 11.1 Å². The number of hydrogen-bond donors (Lipinski definition) is 3. The van der Waals surface area contributed by atoms with Crippen LogP contribution < -0.4 is 16.4 Å². The van der Waals surface area contributed by atoms with Crippen LogP contribution in [0.5, 0.6) is 0 Å². The summed E-state index contributed by atoms with van der Waals surface area (Å²) in [5.74, 6) is -1.43. The molecule has 1 atom stereocenters. The highest BCUT2D eigenvalue weighted by molar-refractivity contribution is 5.89. The van der Waals surface area contributed by atoms with Crippen LogP contribution in [0.25, 0.3) is 0 Å². The number of primary amides is 1. The number of nitrogens with two attached hydrogens (primary N) is 1. The lowest BCUT2D eigenvalue weighted by Gasteiger charge is -2.15. The molecular weight excluding hydrogens is 309 g/mol. The minimum absolute atomic E-state index is 0.102. The Bertz CT molecular complexity index is 716. The molecular formula is C18H20FN3O2. The summed E-state index contributed by atoms with van der Waals surface area (Å²) >= 11 is 0. The first-order valence-electron chi connectivity index (χ1n) is 7.59. The lowest BCUT2D eigenvalue weighted by Crippen LogP contribution is -2.39. The molecule has 2 aromatic rings. The Morgan fingerprint density at radius 2 is 1.88 bits per heavy atom. The normalized spacial score (nSPS) is 11.6. The molecule has 0 bridgehead atoms. The number of aryl methyl sites for hydroxylation is 1. The molecule has 4 N–H and O–H groups in total. The number of carbonyl (C=O) groups excluding carboxylic acids is 2. The van der Waals surface area contributed by atoms with Crippen LogP contribution in [0.15, 0.2) is 48.5 Å². The Morgan fingerprint density at radius 1 is 1.17 bits per heavy atom. The number of urea groups is 1. The van der Waals surface area contributed by atoms with Gasteiger partial charge in [-0.2, -0.15) is 0 Å². The van der Waals surface area contributed by atoms with Crippen molar-refractivity contribution in [2.45, 2.75) is 13.3 Å². The number of carbonyl (C=O) groups is 2. The predicted octanol–water partition coefficient (Wildman–Crippen LogP) is 2.60. The van der Waals surface area contributed by atoms with E-state index in [-0.39, 0.29) is 12.4 Å². The third-order valence-electron chi connectivity index (χ3n) is 3.58. The van der Waals surface area contributed by atoms with Gasteiger partial charge >= 0.3 is 6.03 Å². The first kappa shape index (κ1) is 17.5. The van der Waals surface area contributed by atoms with Crippen molar-refractivity contribution in [1.29, 1.82) is 0 Å². The molecule has 0 saturated heterocycles. The second kappa shape index (κ2) is 8.10. The number of benzene rings is 2. The molecule has 0 fully saturated rings. The van der Waals surface area contributed by atoms with Crippen LogP contribution in [-0.2, 0) is 11.2 Å². The van der Waals surface area contributed by atoms with Crippen molar-refractivity contribution in [1.82, 2.24) is 5.32 Å². The van der Waals surface area contributed by atoms with Gasteiger partial charge in [-0.15, -0.1) is 0 Å². The van der Waals surface area contributed by atoms with E-state index in [2.05, 4.69) is 10.6 Å². The summed E-state index contributed by atoms with van der Waals surface area (Å²) in [6.45, 7) is 2.03. The van der Waals surface area contributed by atoms with Crippen molar-refractivity contribution >= 4 is 17.6 Å². The maximum atomic E-state index is 12.9. The van der Waals surface area contributed by atoms with Crippen LogP contribution in [0, 0.1) is 18.7 Å². The molecule has 0 spiro atoms. The molecule has 0 saturated carbocycles. The van der Waals surface area contributed by atoms with Gasteiger partial charge in [-0.25, -0.2) is 9.18 Å². The van der Waals surface area contributed by atoms with Gasteiger partial charge in [0.05, 0.1) is 5.92 Å². The molecule has 3 amide bonds. The summed E-state index contributed by atoms with van der Waals surface area (Å²) in [6.07, 6.45) is 0.334. The van der Waals surface area contributed by atoms with Gasteiger partial charge in [0.2, 0.25) is 5.91 Å². The topological polar surface area (TPSA) is 84.2 Å². The fraction of sp³-hybridized carbons (Fsp3) is 0.222. The largest absolute Gasteiger partial charge is 0.369 e. The van der Waals surface area contributed by atoms with E-state index in [9.17, 15) is 14.0 Å². The minimum atomic E-state index is -0.571. The molecule has 2 aromatic carbocycles. The molecule has 0 aliphatic rings. The molecule has 126 valence electrons. The van der Waals surface area contributed by atoms with Crippen molar-refractivity contribution in [3.05, 3.63) is 65.5 Å². The van der Waals surface area contributed by atoms with Gasteiger partial charge in [-0.1, -0.05) is 24.3 Å². The second-order valence-corrected chi connectivity index (χ2v) is 5.63. The van der Waals surface area contributed by atoms with Crippen molar-refractivity contribution in [3.8, 4) is 0 Å². The standard InChI is InChI=1S/C18H20FN3O2/c1-12-3-2-4-16(9-12)22-18(24)21-11-14(17(20)23)10-13-5-7-15(19)8-6-13/h2-9,14H,10-11H2,1H3,(H2,20,23)(H2,21,22,24)/t14-/m1/s1. The lowest BCUT2D eigenvalue weighted by atomic mass is 9.98. The van der Waals surface area contributed by atoms with Gasteiger partial charge in [-0.05, 0) is 48.7 Å². The highest BCUT2D eigenvalue weighted by Crippen LogP contribution is 2.11. The number of rotatable bonds is 6. The molecule has 0 radical (unpaired) electrons. The van der Waals surface area contributed by atoms with Gasteiger partial charge in [0.15, 0.2) is 0 Å². The van der Waals surface area contributed by atoms with Crippen molar-refractivity contribution in [3.63, 3.8) is 0 Å². The first-order valence-corrected chi connectivity index (χ1v) is 7.59. The molecule has 6 heteroatoms. The Balaban J connectivity index is 1.90. The average molecular weight is 329 g/mol. The van der Waals surface area contributed by atoms with E-state index in [1.54, 1.807) is 18.2 Å². The molecule has 24 heavy (non-hydrogen) atoms. The van der Waals surface area contributed by atoms with Crippen LogP contribution in [0.3, 0.4) is 0 Å². The zero-order chi connectivity index (χ0) is 17.5. The van der Waals surface area contributed by atoms with Gasteiger partial charge in [-0.3, -0.25) is 4.79 Å². The molecule has 0 heterocycles. The molecule has 0 aliphatic heterocycles. The van der Waals surface area contributed by atoms with E-state index in [1.807, 2.05) is 25.1 Å². The van der Waals surface area contributed by atoms with Crippen LogP contribution in [0.4, 0.5) is 14.9 Å². The van der Waals surface area contributed by atoms with Crippen LogP contribution in [0.1, 0.15) is 11.1 Å². The monoisotopic (exact) mass is 329 g/mol. The summed E-state index contributed by atoms with van der Waals surface area (Å²) in [4.78, 5) is 23.5. The quantitative estimate of drug-likeness (QED) is 0.761. The number of hydrogen-bond acceptors (Lipinski definition) is 2. The van der Waals surface area contributed by atoms with E-state index in [0.29, 0.717) is 12.1 Å². The lowest BCUT2D eigenvalue weighted by molar-refractivity contribution is -0.121. The minimum Gasteiger partial charge on any atom is -0.369 e. The maximum absolute atomic E-state index is 12.9. The van der Waals surface area contributed by atoms with Crippen molar-refractivity contribution < 1.29 is 14.0 Å². The van der Waals surface area contributed by atoms with Crippen molar-refractivity contribution in [2.75, 3.05) is 11.9 Å². The van der Waals surface area contributed by atoms with E-state index < -0.39 is 17.9 Å². The highest BCUT2D eigenvalue weighted by atomic mass is 19.1. The fourth-order valence-corrected chi connectivity index (χ4v) is 2.29. The predicted molar refractivity (Wildman–Crippen MR) is 91.0 cm³/mol. The maximum Gasteiger partial charge on any atom is 0.319 e. The Morgan fingerprint density at radius 3 is 2.50 bits per heavy atom. The SMILES string of the molecule is Cc1cccc(NC(=O)NC[C@@H](Cc2ccc(F)cc2)C(N)=O)c1. The molecule has 5 nitrogen and oxygen atoms in total. The zero-order valence-corrected chi connectivity index (χ0v) is 13.4. The number of halogens is 1. The third kappa shape index (κ3) is 5.39. The molecule has 0 unspecified atom stereocenters. The number of anilines is 1. The Hall–Kier alpha value is -2.89. The summed E-state index contributed by atoms with van der Waals surface area (Å²) in [5.41, 5.74) is 7.86. The fourth-order valence-electron chi connectivity index (χ4n) is 2.29. The summed E-state index contributed by atoms with van der Waals surface area (Å²) in [7, 11) is 0.